The first-order valence-corrected chi connectivity index (χ1v) is 7.39. The van der Waals surface area contributed by atoms with E-state index in [4.69, 9.17) is 4.74 Å². The second kappa shape index (κ2) is 6.54. The van der Waals surface area contributed by atoms with Crippen LogP contribution in [-0.4, -0.2) is 23.7 Å². The summed E-state index contributed by atoms with van der Waals surface area (Å²) in [6, 6.07) is 13.4. The number of H-pyrrole nitrogens is 1. The first kappa shape index (κ1) is 14.5. The van der Waals surface area contributed by atoms with Gasteiger partial charge in [0.05, 0.1) is 7.11 Å². The van der Waals surface area contributed by atoms with Gasteiger partial charge in [0.2, 0.25) is 0 Å². The number of fused-ring (bicyclic) bond motifs is 1. The molecule has 3 rings (SSSR count). The van der Waals surface area contributed by atoms with Gasteiger partial charge in [0.1, 0.15) is 11.5 Å². The van der Waals surface area contributed by atoms with Gasteiger partial charge in [-0.15, -0.1) is 0 Å². The summed E-state index contributed by atoms with van der Waals surface area (Å²) in [5.74, 6) is 1.18. The molecule has 22 heavy (non-hydrogen) atoms. The number of benzene rings is 2. The molecule has 0 atom stereocenters. The molecule has 0 unspecified atom stereocenters. The summed E-state index contributed by atoms with van der Waals surface area (Å²) in [4.78, 5) is 3.29. The highest BCUT2D eigenvalue weighted by Gasteiger charge is 2.05. The molecule has 1 aromatic heterocycles. The Balaban J connectivity index is 1.59. The van der Waals surface area contributed by atoms with Gasteiger partial charge in [-0.2, -0.15) is 0 Å². The highest BCUT2D eigenvalue weighted by atomic mass is 16.5. The summed E-state index contributed by atoms with van der Waals surface area (Å²) in [6.45, 7) is 1.62. The molecule has 4 heteroatoms. The number of ether oxygens (including phenoxy) is 1. The van der Waals surface area contributed by atoms with Crippen LogP contribution < -0.4 is 10.1 Å². The summed E-state index contributed by atoms with van der Waals surface area (Å²) >= 11 is 0. The van der Waals surface area contributed by atoms with Crippen molar-refractivity contribution in [2.24, 2.45) is 0 Å². The number of nitrogens with one attached hydrogen (secondary N) is 2. The van der Waals surface area contributed by atoms with Crippen LogP contribution in [-0.2, 0) is 13.0 Å². The molecular formula is C18H20N2O2. The third-order valence-electron chi connectivity index (χ3n) is 3.79. The number of hydrogen-bond donors (Lipinski definition) is 3. The van der Waals surface area contributed by atoms with E-state index in [-0.39, 0.29) is 0 Å². The normalized spacial score (nSPS) is 11.0. The predicted octanol–water partition coefficient (Wildman–Crippen LogP) is 3.21. The van der Waals surface area contributed by atoms with Gasteiger partial charge >= 0.3 is 0 Å². The first-order valence-electron chi connectivity index (χ1n) is 7.39. The molecule has 0 amide bonds. The fourth-order valence-electron chi connectivity index (χ4n) is 2.61. The third-order valence-corrected chi connectivity index (χ3v) is 3.79. The Morgan fingerprint density at radius 1 is 1.18 bits per heavy atom. The molecular weight excluding hydrogens is 276 g/mol. The van der Waals surface area contributed by atoms with Crippen molar-refractivity contribution in [3.8, 4) is 11.5 Å². The Bertz CT molecular complexity index is 765. The second-order valence-corrected chi connectivity index (χ2v) is 5.32. The minimum atomic E-state index is 0.308. The van der Waals surface area contributed by atoms with E-state index in [2.05, 4.69) is 22.6 Å². The molecule has 0 saturated carbocycles. The lowest BCUT2D eigenvalue weighted by Gasteiger charge is -2.05. The fraction of sp³-hybridized carbons (Fsp3) is 0.222. The van der Waals surface area contributed by atoms with Gasteiger partial charge in [-0.1, -0.05) is 12.1 Å². The van der Waals surface area contributed by atoms with E-state index >= 15 is 0 Å². The van der Waals surface area contributed by atoms with Crippen LogP contribution in [0, 0.1) is 0 Å². The molecule has 2 aromatic carbocycles. The van der Waals surface area contributed by atoms with Crippen molar-refractivity contribution in [1.82, 2.24) is 10.3 Å². The van der Waals surface area contributed by atoms with Crippen LogP contribution in [0.15, 0.2) is 48.7 Å². The van der Waals surface area contributed by atoms with Crippen LogP contribution in [0.4, 0.5) is 0 Å². The maximum absolute atomic E-state index is 9.44. The number of phenols is 1. The Labute approximate surface area is 129 Å². The van der Waals surface area contributed by atoms with E-state index < -0.39 is 0 Å². The van der Waals surface area contributed by atoms with Gasteiger partial charge in [0.25, 0.3) is 0 Å². The van der Waals surface area contributed by atoms with Crippen LogP contribution >= 0.6 is 0 Å². The van der Waals surface area contributed by atoms with E-state index in [9.17, 15) is 5.11 Å². The largest absolute Gasteiger partial charge is 0.508 e. The SMILES string of the molecule is COc1ccc2[nH]cc(CCNCc3cccc(O)c3)c2c1. The summed E-state index contributed by atoms with van der Waals surface area (Å²) in [5, 5.41) is 14.1. The lowest BCUT2D eigenvalue weighted by molar-refractivity contribution is 0.415. The lowest BCUT2D eigenvalue weighted by atomic mass is 10.1. The zero-order chi connectivity index (χ0) is 15.4. The molecule has 0 aliphatic heterocycles. The van der Waals surface area contributed by atoms with Gasteiger partial charge < -0.3 is 20.1 Å². The van der Waals surface area contributed by atoms with Crippen LogP contribution in [0.1, 0.15) is 11.1 Å². The average molecular weight is 296 g/mol. The number of methoxy groups -OCH3 is 1. The van der Waals surface area contributed by atoms with Crippen molar-refractivity contribution in [2.45, 2.75) is 13.0 Å². The molecule has 0 aliphatic rings. The quantitative estimate of drug-likeness (QED) is 0.612. The third kappa shape index (κ3) is 3.23. The molecule has 0 saturated heterocycles. The van der Waals surface area contributed by atoms with E-state index in [0.29, 0.717) is 5.75 Å². The molecule has 0 aliphatic carbocycles. The number of rotatable bonds is 6. The Hall–Kier alpha value is -2.46. The lowest BCUT2D eigenvalue weighted by Crippen LogP contribution is -2.16. The van der Waals surface area contributed by atoms with Crippen molar-refractivity contribution < 1.29 is 9.84 Å². The van der Waals surface area contributed by atoms with Gasteiger partial charge in [-0.3, -0.25) is 0 Å². The number of aromatic amines is 1. The Morgan fingerprint density at radius 2 is 2.09 bits per heavy atom. The van der Waals surface area contributed by atoms with Crippen LogP contribution in [0.3, 0.4) is 0 Å². The van der Waals surface area contributed by atoms with Crippen molar-refractivity contribution in [3.63, 3.8) is 0 Å². The number of aromatic nitrogens is 1. The minimum absolute atomic E-state index is 0.308. The van der Waals surface area contributed by atoms with Gasteiger partial charge in [-0.05, 0) is 54.4 Å². The molecule has 0 bridgehead atoms. The summed E-state index contributed by atoms with van der Waals surface area (Å²) in [6.07, 6.45) is 2.99. The molecule has 0 fully saturated rings. The molecule has 0 radical (unpaired) electrons. The van der Waals surface area contributed by atoms with Gasteiger partial charge in [0.15, 0.2) is 0 Å². The molecule has 4 nitrogen and oxygen atoms in total. The van der Waals surface area contributed by atoms with Crippen molar-refractivity contribution in [2.75, 3.05) is 13.7 Å². The topological polar surface area (TPSA) is 57.3 Å². The maximum Gasteiger partial charge on any atom is 0.119 e. The zero-order valence-electron chi connectivity index (χ0n) is 12.6. The number of phenolic OH excluding ortho intramolecular Hbond substituents is 1. The summed E-state index contributed by atoms with van der Waals surface area (Å²) in [7, 11) is 1.68. The van der Waals surface area contributed by atoms with Gasteiger partial charge in [0, 0.05) is 23.6 Å². The standard InChI is InChI=1S/C18H20N2O2/c1-22-16-5-6-18-17(10-16)14(12-20-18)7-8-19-11-13-3-2-4-15(21)9-13/h2-6,9-10,12,19-21H,7-8,11H2,1H3. The zero-order valence-corrected chi connectivity index (χ0v) is 12.6. The highest BCUT2D eigenvalue weighted by molar-refractivity contribution is 5.84. The highest BCUT2D eigenvalue weighted by Crippen LogP contribution is 2.23. The molecule has 3 aromatic rings. The minimum Gasteiger partial charge on any atom is -0.508 e. The number of aromatic hydroxyl groups is 1. The van der Waals surface area contributed by atoms with Gasteiger partial charge in [-0.25, -0.2) is 0 Å². The van der Waals surface area contributed by atoms with E-state index in [1.165, 1.54) is 10.9 Å². The monoisotopic (exact) mass is 296 g/mol. The van der Waals surface area contributed by atoms with E-state index in [0.717, 1.165) is 36.3 Å². The van der Waals surface area contributed by atoms with Crippen molar-refractivity contribution in [1.29, 1.82) is 0 Å². The predicted molar refractivity (Wildman–Crippen MR) is 88.4 cm³/mol. The number of hydrogen-bond acceptors (Lipinski definition) is 3. The first-order chi connectivity index (χ1) is 10.8. The summed E-state index contributed by atoms with van der Waals surface area (Å²) < 4.78 is 5.29. The van der Waals surface area contributed by atoms with Crippen molar-refractivity contribution >= 4 is 10.9 Å². The second-order valence-electron chi connectivity index (χ2n) is 5.32. The average Bonchev–Trinajstić information content (AvgIpc) is 2.94. The molecule has 0 spiro atoms. The summed E-state index contributed by atoms with van der Waals surface area (Å²) in [5.41, 5.74) is 3.49. The van der Waals surface area contributed by atoms with Crippen molar-refractivity contribution in [3.05, 3.63) is 59.8 Å². The Morgan fingerprint density at radius 3 is 2.91 bits per heavy atom. The van der Waals surface area contributed by atoms with E-state index in [1.807, 2.05) is 24.3 Å². The molecule has 3 N–H and O–H groups in total. The van der Waals surface area contributed by atoms with Crippen LogP contribution in [0.2, 0.25) is 0 Å². The Kier molecular flexibility index (Phi) is 4.30. The smallest absolute Gasteiger partial charge is 0.119 e. The maximum atomic E-state index is 9.44. The molecule has 1 heterocycles. The van der Waals surface area contributed by atoms with Crippen LogP contribution in [0.25, 0.3) is 10.9 Å². The van der Waals surface area contributed by atoms with E-state index in [1.54, 1.807) is 19.2 Å². The van der Waals surface area contributed by atoms with Crippen LogP contribution in [0.5, 0.6) is 11.5 Å². The molecule has 114 valence electrons. The fourth-order valence-corrected chi connectivity index (χ4v) is 2.61.